The van der Waals surface area contributed by atoms with Crippen molar-refractivity contribution in [2.75, 3.05) is 19.0 Å². The molecule has 0 bridgehead atoms. The Labute approximate surface area is 106 Å². The van der Waals surface area contributed by atoms with E-state index in [0.29, 0.717) is 5.69 Å². The summed E-state index contributed by atoms with van der Waals surface area (Å²) >= 11 is 0. The van der Waals surface area contributed by atoms with E-state index in [1.165, 1.54) is 0 Å². The summed E-state index contributed by atoms with van der Waals surface area (Å²) in [7, 11) is 1.59. The molecule has 0 unspecified atom stereocenters. The summed E-state index contributed by atoms with van der Waals surface area (Å²) in [6.45, 7) is -0.0109. The Morgan fingerprint density at radius 1 is 1.39 bits per heavy atom. The predicted octanol–water partition coefficient (Wildman–Crippen LogP) is 1.73. The lowest BCUT2D eigenvalue weighted by Crippen LogP contribution is -2.57. The fourth-order valence-electron chi connectivity index (χ4n) is 2.00. The van der Waals surface area contributed by atoms with Crippen LogP contribution in [0.2, 0.25) is 0 Å². The lowest BCUT2D eigenvalue weighted by molar-refractivity contribution is 0.0984. The molecule has 2 amide bonds. The molecule has 98 valence electrons. The molecule has 1 fully saturated rings. The van der Waals surface area contributed by atoms with Gasteiger partial charge in [-0.3, -0.25) is 0 Å². The zero-order valence-corrected chi connectivity index (χ0v) is 10.4. The van der Waals surface area contributed by atoms with Gasteiger partial charge in [0.05, 0.1) is 19.3 Å². The molecule has 0 saturated heterocycles. The third-order valence-electron chi connectivity index (χ3n) is 3.34. The molecule has 1 aliphatic rings. The number of aliphatic hydroxyl groups excluding tert-OH is 1. The number of rotatable bonds is 4. The van der Waals surface area contributed by atoms with Gasteiger partial charge in [-0.05, 0) is 43.5 Å². The Bertz CT molecular complexity index is 407. The van der Waals surface area contributed by atoms with Crippen LogP contribution in [0.1, 0.15) is 19.3 Å². The van der Waals surface area contributed by atoms with Crippen LogP contribution in [0.25, 0.3) is 0 Å². The topological polar surface area (TPSA) is 70.6 Å². The van der Waals surface area contributed by atoms with Crippen molar-refractivity contribution in [3.63, 3.8) is 0 Å². The molecule has 1 saturated carbocycles. The molecular formula is C13H18N2O3. The highest BCUT2D eigenvalue weighted by molar-refractivity contribution is 5.89. The number of urea groups is 1. The highest BCUT2D eigenvalue weighted by Crippen LogP contribution is 2.31. The minimum Gasteiger partial charge on any atom is -0.497 e. The van der Waals surface area contributed by atoms with Crippen molar-refractivity contribution >= 4 is 11.7 Å². The van der Waals surface area contributed by atoms with Gasteiger partial charge in [-0.25, -0.2) is 4.79 Å². The van der Waals surface area contributed by atoms with Crippen molar-refractivity contribution in [2.24, 2.45) is 0 Å². The molecule has 0 aliphatic heterocycles. The van der Waals surface area contributed by atoms with Crippen LogP contribution < -0.4 is 15.4 Å². The maximum Gasteiger partial charge on any atom is 0.319 e. The van der Waals surface area contributed by atoms with Gasteiger partial charge in [0.2, 0.25) is 0 Å². The first-order chi connectivity index (χ1) is 8.67. The average Bonchev–Trinajstić information content (AvgIpc) is 2.35. The minimum atomic E-state index is -0.420. The van der Waals surface area contributed by atoms with Gasteiger partial charge in [-0.1, -0.05) is 0 Å². The summed E-state index contributed by atoms with van der Waals surface area (Å²) in [6.07, 6.45) is 2.71. The van der Waals surface area contributed by atoms with Crippen LogP contribution in [0.15, 0.2) is 24.3 Å². The predicted molar refractivity (Wildman–Crippen MR) is 68.8 cm³/mol. The van der Waals surface area contributed by atoms with Gasteiger partial charge in [-0.2, -0.15) is 0 Å². The molecule has 0 heterocycles. The highest BCUT2D eigenvalue weighted by Gasteiger charge is 2.37. The first-order valence-corrected chi connectivity index (χ1v) is 6.01. The molecule has 3 N–H and O–H groups in total. The largest absolute Gasteiger partial charge is 0.497 e. The number of amides is 2. The van der Waals surface area contributed by atoms with E-state index in [2.05, 4.69) is 10.6 Å². The number of carbonyl (C=O) groups is 1. The monoisotopic (exact) mass is 250 g/mol. The minimum absolute atomic E-state index is 0.0109. The summed E-state index contributed by atoms with van der Waals surface area (Å²) in [4.78, 5) is 11.8. The number of benzene rings is 1. The summed E-state index contributed by atoms with van der Waals surface area (Å²) in [6, 6.07) is 6.81. The average molecular weight is 250 g/mol. The molecule has 1 aromatic carbocycles. The fraction of sp³-hybridized carbons (Fsp3) is 0.462. The number of methoxy groups -OCH3 is 1. The maximum absolute atomic E-state index is 11.8. The molecule has 0 spiro atoms. The second-order valence-corrected chi connectivity index (χ2v) is 4.60. The zero-order chi connectivity index (χ0) is 13.0. The first kappa shape index (κ1) is 12.7. The maximum atomic E-state index is 11.8. The van der Waals surface area contributed by atoms with E-state index in [0.717, 1.165) is 25.0 Å². The van der Waals surface area contributed by atoms with Crippen LogP contribution in [0, 0.1) is 0 Å². The third-order valence-corrected chi connectivity index (χ3v) is 3.34. The zero-order valence-electron chi connectivity index (χ0n) is 10.4. The molecule has 5 nitrogen and oxygen atoms in total. The number of hydrogen-bond acceptors (Lipinski definition) is 3. The van der Waals surface area contributed by atoms with E-state index in [1.807, 2.05) is 0 Å². The third kappa shape index (κ3) is 2.73. The van der Waals surface area contributed by atoms with Crippen molar-refractivity contribution in [3.05, 3.63) is 24.3 Å². The SMILES string of the molecule is COc1ccc(NC(=O)NC2(CO)CCC2)cc1. The van der Waals surface area contributed by atoms with Gasteiger partial charge in [0.15, 0.2) is 0 Å². The number of anilines is 1. The first-order valence-electron chi connectivity index (χ1n) is 6.01. The van der Waals surface area contributed by atoms with Crippen LogP contribution >= 0.6 is 0 Å². The second kappa shape index (κ2) is 5.27. The number of carbonyl (C=O) groups excluding carboxylic acids is 1. The van der Waals surface area contributed by atoms with Gasteiger partial charge in [-0.15, -0.1) is 0 Å². The molecule has 0 atom stereocenters. The fourth-order valence-corrected chi connectivity index (χ4v) is 2.00. The van der Waals surface area contributed by atoms with Crippen molar-refractivity contribution < 1.29 is 14.6 Å². The van der Waals surface area contributed by atoms with Crippen molar-refractivity contribution in [1.82, 2.24) is 5.32 Å². The van der Waals surface area contributed by atoms with E-state index < -0.39 is 5.54 Å². The van der Waals surface area contributed by atoms with E-state index >= 15 is 0 Å². The molecule has 1 aromatic rings. The summed E-state index contributed by atoms with van der Waals surface area (Å²) in [5.41, 5.74) is 0.275. The number of ether oxygens (including phenoxy) is 1. The van der Waals surface area contributed by atoms with E-state index in [4.69, 9.17) is 4.74 Å². The molecule has 5 heteroatoms. The summed E-state index contributed by atoms with van der Waals surface area (Å²) < 4.78 is 5.04. The van der Waals surface area contributed by atoms with Gasteiger partial charge >= 0.3 is 6.03 Å². The van der Waals surface area contributed by atoms with Gasteiger partial charge in [0, 0.05) is 5.69 Å². The van der Waals surface area contributed by atoms with Crippen LogP contribution in [-0.2, 0) is 0 Å². The van der Waals surface area contributed by atoms with Crippen LogP contribution in [0.3, 0.4) is 0 Å². The van der Waals surface area contributed by atoms with Gasteiger partial charge in [0.25, 0.3) is 0 Å². The number of aliphatic hydroxyl groups is 1. The quantitative estimate of drug-likeness (QED) is 0.762. The van der Waals surface area contributed by atoms with Crippen LogP contribution in [0.4, 0.5) is 10.5 Å². The van der Waals surface area contributed by atoms with E-state index in [9.17, 15) is 9.90 Å². The Balaban J connectivity index is 1.90. The normalized spacial score (nSPS) is 16.6. The molecular weight excluding hydrogens is 232 g/mol. The van der Waals surface area contributed by atoms with Gasteiger partial charge in [0.1, 0.15) is 5.75 Å². The molecule has 1 aliphatic carbocycles. The number of nitrogens with one attached hydrogen (secondary N) is 2. The standard InChI is InChI=1S/C13H18N2O3/c1-18-11-5-3-10(4-6-11)14-12(17)15-13(9-16)7-2-8-13/h3-6,16H,2,7-9H2,1H3,(H2,14,15,17). The van der Waals surface area contributed by atoms with Gasteiger partial charge < -0.3 is 20.5 Å². The molecule has 0 radical (unpaired) electrons. The Morgan fingerprint density at radius 3 is 2.50 bits per heavy atom. The summed E-state index contributed by atoms with van der Waals surface area (Å²) in [5, 5.41) is 14.8. The number of hydrogen-bond donors (Lipinski definition) is 3. The van der Waals surface area contributed by atoms with Crippen molar-refractivity contribution in [2.45, 2.75) is 24.8 Å². The van der Waals surface area contributed by atoms with E-state index in [-0.39, 0.29) is 12.6 Å². The lowest BCUT2D eigenvalue weighted by atomic mass is 9.77. The Kier molecular flexibility index (Phi) is 3.72. The van der Waals surface area contributed by atoms with Crippen molar-refractivity contribution in [1.29, 1.82) is 0 Å². The van der Waals surface area contributed by atoms with Crippen LogP contribution in [0.5, 0.6) is 5.75 Å². The lowest BCUT2D eigenvalue weighted by Gasteiger charge is -2.40. The molecule has 18 heavy (non-hydrogen) atoms. The molecule has 0 aromatic heterocycles. The highest BCUT2D eigenvalue weighted by atomic mass is 16.5. The molecule has 2 rings (SSSR count). The smallest absolute Gasteiger partial charge is 0.319 e. The van der Waals surface area contributed by atoms with Crippen molar-refractivity contribution in [3.8, 4) is 5.75 Å². The Hall–Kier alpha value is -1.75. The summed E-state index contributed by atoms with van der Waals surface area (Å²) in [5.74, 6) is 0.742. The second-order valence-electron chi connectivity index (χ2n) is 4.60. The van der Waals surface area contributed by atoms with E-state index in [1.54, 1.807) is 31.4 Å². The Morgan fingerprint density at radius 2 is 2.06 bits per heavy atom. The van der Waals surface area contributed by atoms with Crippen LogP contribution in [-0.4, -0.2) is 30.4 Å².